The predicted octanol–water partition coefficient (Wildman–Crippen LogP) is 13.4. The zero-order chi connectivity index (χ0) is 33.0. The summed E-state index contributed by atoms with van der Waals surface area (Å²) in [5, 5.41) is 5.34. The van der Waals surface area contributed by atoms with E-state index >= 15 is 0 Å². The van der Waals surface area contributed by atoms with Crippen molar-refractivity contribution in [2.45, 2.75) is 61.1 Å². The minimum absolute atomic E-state index is 0. The van der Waals surface area contributed by atoms with Crippen LogP contribution < -0.4 is 0 Å². The van der Waals surface area contributed by atoms with Crippen LogP contribution in [-0.4, -0.2) is 5.43 Å². The van der Waals surface area contributed by atoms with Crippen molar-refractivity contribution < 1.29 is 27.8 Å². The summed E-state index contributed by atoms with van der Waals surface area (Å²) >= 11 is 1.74. The maximum atomic E-state index is 5.81. The standard InChI is InChI=1S/C22H19O.C19H19.C2H6Si.2ClH.Zr/c1-14-11-18-12-19(21-10-9-15(2)23-21)13-20(18)22(16(14)3)17-7-5-4-6-8-17;1-4-15-11-17-10-13(2)14(3)19(18(17)12-15)16-8-6-5-7-9-16;1-3-2;;;/h4-13H,1-3H3;5-12H,4H2,1-3H3;1-2H3;2*1H;/q2*-1;;;;+2. The molecule has 0 bridgehead atoms. The maximum Gasteiger partial charge on any atom is 0.0896 e. The average molecular weight is 769 g/mol. The van der Waals surface area contributed by atoms with Gasteiger partial charge in [-0.1, -0.05) is 101 Å². The van der Waals surface area contributed by atoms with Crippen LogP contribution in [0, 0.1) is 34.6 Å². The van der Waals surface area contributed by atoms with Crippen molar-refractivity contribution in [3.05, 3.63) is 143 Å². The minimum atomic E-state index is 0. The van der Waals surface area contributed by atoms with E-state index in [1.165, 1.54) is 71.6 Å². The molecule has 7 rings (SSSR count). The molecule has 1 aromatic heterocycles. The number of fused-ring (bicyclic) bond motifs is 2. The Hall–Kier alpha value is -2.94. The van der Waals surface area contributed by atoms with Gasteiger partial charge >= 0.3 is 41.9 Å². The van der Waals surface area contributed by atoms with E-state index in [2.05, 4.69) is 145 Å². The van der Waals surface area contributed by atoms with Crippen molar-refractivity contribution in [2.24, 2.45) is 0 Å². The van der Waals surface area contributed by atoms with Gasteiger partial charge in [-0.15, -0.1) is 82.3 Å². The molecule has 0 N–H and O–H groups in total. The Balaban J connectivity index is 0.000000229. The van der Waals surface area contributed by atoms with Crippen molar-refractivity contribution in [1.82, 2.24) is 0 Å². The largest absolute Gasteiger partial charge is 0.496 e. The SMILES string of the molecule is CCc1cc2c(-c3ccccc3)c(C)c(C)cc2[cH-]1.C[Si](C)=[Zr+2].Cc1ccc(-c2cc3c(-c4ccccc4)c(C)c(C)cc3[cH-]2)o1.Cl.Cl. The topological polar surface area (TPSA) is 13.1 Å². The fourth-order valence-electron chi connectivity index (χ4n) is 6.16. The summed E-state index contributed by atoms with van der Waals surface area (Å²) in [6.07, 6.45) is 1.10. The van der Waals surface area contributed by atoms with E-state index in [1.54, 1.807) is 23.3 Å². The van der Waals surface area contributed by atoms with Crippen LogP contribution in [0.5, 0.6) is 0 Å². The summed E-state index contributed by atoms with van der Waals surface area (Å²) in [4.78, 5) is 0. The van der Waals surface area contributed by atoms with Crippen LogP contribution in [0.4, 0.5) is 0 Å². The summed E-state index contributed by atoms with van der Waals surface area (Å²) in [6.45, 7) is 17.7. The number of rotatable bonds is 4. The van der Waals surface area contributed by atoms with Crippen molar-refractivity contribution in [3.63, 3.8) is 0 Å². The second-order valence-corrected chi connectivity index (χ2v) is 21.9. The van der Waals surface area contributed by atoms with Gasteiger partial charge in [-0.3, -0.25) is 0 Å². The molecule has 0 radical (unpaired) electrons. The number of halogens is 2. The zero-order valence-electron chi connectivity index (χ0n) is 29.3. The molecule has 6 aromatic carbocycles. The van der Waals surface area contributed by atoms with Crippen molar-refractivity contribution in [3.8, 4) is 33.6 Å². The van der Waals surface area contributed by atoms with E-state index in [4.69, 9.17) is 4.42 Å². The molecule has 48 heavy (non-hydrogen) atoms. The van der Waals surface area contributed by atoms with Crippen LogP contribution in [0.3, 0.4) is 0 Å². The average Bonchev–Trinajstić information content (AvgIpc) is 3.77. The van der Waals surface area contributed by atoms with Crippen LogP contribution in [0.2, 0.25) is 13.1 Å². The van der Waals surface area contributed by atoms with Gasteiger partial charge in [-0.05, 0) is 69.9 Å². The Labute approximate surface area is 314 Å². The maximum absolute atomic E-state index is 5.81. The second-order valence-electron chi connectivity index (χ2n) is 12.5. The fourth-order valence-corrected chi connectivity index (χ4v) is 6.16. The van der Waals surface area contributed by atoms with Gasteiger partial charge < -0.3 is 4.42 Å². The molecule has 0 unspecified atom stereocenters. The third kappa shape index (κ3) is 8.99. The summed E-state index contributed by atoms with van der Waals surface area (Å²) < 4.78 is 5.81. The van der Waals surface area contributed by atoms with Crippen LogP contribution in [-0.2, 0) is 29.8 Å². The number of benzene rings is 4. The Kier molecular flexibility index (Phi) is 14.5. The van der Waals surface area contributed by atoms with Gasteiger partial charge in [-0.2, -0.15) is 6.07 Å². The molecule has 0 aliphatic heterocycles. The molecule has 0 aliphatic carbocycles. The molecule has 0 atom stereocenters. The van der Waals surface area contributed by atoms with Crippen LogP contribution in [0.15, 0.2) is 114 Å². The molecular weight excluding hydrogens is 723 g/mol. The first-order valence-electron chi connectivity index (χ1n) is 16.2. The van der Waals surface area contributed by atoms with Crippen LogP contribution >= 0.6 is 24.8 Å². The summed E-state index contributed by atoms with van der Waals surface area (Å²) in [5.74, 6) is 1.88. The number of hydrogen-bond acceptors (Lipinski definition) is 1. The Morgan fingerprint density at radius 3 is 1.52 bits per heavy atom. The van der Waals surface area contributed by atoms with Gasteiger partial charge in [0.15, 0.2) is 0 Å². The van der Waals surface area contributed by atoms with E-state index < -0.39 is 0 Å². The Bertz CT molecular complexity index is 2110. The molecular formula is C43H46Cl2OSiZr. The van der Waals surface area contributed by atoms with E-state index in [0.717, 1.165) is 23.5 Å². The van der Waals surface area contributed by atoms with Crippen LogP contribution in [0.25, 0.3) is 55.1 Å². The van der Waals surface area contributed by atoms with Gasteiger partial charge in [0.1, 0.15) is 0 Å². The Morgan fingerprint density at radius 1 is 0.625 bits per heavy atom. The molecule has 1 nitrogen and oxygen atoms in total. The van der Waals surface area contributed by atoms with E-state index in [0.29, 0.717) is 0 Å². The van der Waals surface area contributed by atoms with Gasteiger partial charge in [0.05, 0.1) is 11.5 Å². The molecule has 0 spiro atoms. The van der Waals surface area contributed by atoms with Gasteiger partial charge in [0.2, 0.25) is 0 Å². The number of furan rings is 1. The molecule has 1 heterocycles. The number of aryl methyl sites for hydroxylation is 4. The fraction of sp³-hybridized carbons (Fsp3) is 0.209. The predicted molar refractivity (Wildman–Crippen MR) is 213 cm³/mol. The van der Waals surface area contributed by atoms with Gasteiger partial charge in [-0.25, -0.2) is 0 Å². The van der Waals surface area contributed by atoms with Crippen LogP contribution in [0.1, 0.15) is 40.5 Å². The van der Waals surface area contributed by atoms with Crippen molar-refractivity contribution in [1.29, 1.82) is 0 Å². The third-order valence-electron chi connectivity index (χ3n) is 8.68. The first-order chi connectivity index (χ1) is 22.1. The van der Waals surface area contributed by atoms with Gasteiger partial charge in [0, 0.05) is 0 Å². The molecule has 0 saturated heterocycles. The van der Waals surface area contributed by atoms with E-state index in [1.807, 2.05) is 19.1 Å². The molecule has 246 valence electrons. The molecule has 0 fully saturated rings. The molecule has 0 amide bonds. The van der Waals surface area contributed by atoms with E-state index in [9.17, 15) is 0 Å². The molecule has 7 aromatic rings. The molecule has 5 heteroatoms. The van der Waals surface area contributed by atoms with E-state index in [-0.39, 0.29) is 30.2 Å². The smallest absolute Gasteiger partial charge is 0.0896 e. The summed E-state index contributed by atoms with van der Waals surface area (Å²) in [6, 6.07) is 39.2. The minimum Gasteiger partial charge on any atom is -0.496 e. The summed E-state index contributed by atoms with van der Waals surface area (Å²) in [5.41, 5.74) is 13.5. The monoisotopic (exact) mass is 766 g/mol. The van der Waals surface area contributed by atoms with Crippen molar-refractivity contribution in [2.75, 3.05) is 0 Å². The second kappa shape index (κ2) is 17.6. The van der Waals surface area contributed by atoms with Crippen molar-refractivity contribution >= 4 is 51.8 Å². The third-order valence-corrected chi connectivity index (χ3v) is 8.68. The molecule has 0 saturated carbocycles. The first kappa shape index (κ1) is 39.5. The normalized spacial score (nSPS) is 10.4. The Morgan fingerprint density at radius 2 is 1.08 bits per heavy atom. The number of hydrogen-bond donors (Lipinski definition) is 0. The first-order valence-corrected chi connectivity index (χ1v) is 22.4. The van der Waals surface area contributed by atoms with Gasteiger partial charge in [0.25, 0.3) is 0 Å². The summed E-state index contributed by atoms with van der Waals surface area (Å²) in [7, 11) is 0. The quantitative estimate of drug-likeness (QED) is 0.128. The molecule has 0 aliphatic rings. The zero-order valence-corrected chi connectivity index (χ0v) is 34.4.